The summed E-state index contributed by atoms with van der Waals surface area (Å²) in [5.74, 6) is 1.23. The monoisotopic (exact) mass is 338 g/mol. The van der Waals surface area contributed by atoms with Gasteiger partial charge in [0.15, 0.2) is 0 Å². The zero-order valence-corrected chi connectivity index (χ0v) is 14.8. The zero-order valence-electron chi connectivity index (χ0n) is 14.8. The number of fused-ring (bicyclic) bond motifs is 6. The van der Waals surface area contributed by atoms with Crippen LogP contribution >= 0.6 is 0 Å². The fourth-order valence-electron chi connectivity index (χ4n) is 5.80. The molecule has 1 saturated heterocycles. The number of carbonyl (C=O) groups is 1. The summed E-state index contributed by atoms with van der Waals surface area (Å²) in [6.45, 7) is 2.28. The van der Waals surface area contributed by atoms with Crippen molar-refractivity contribution in [2.75, 3.05) is 20.2 Å². The predicted molar refractivity (Wildman–Crippen MR) is 97.3 cm³/mol. The highest BCUT2D eigenvalue weighted by molar-refractivity contribution is 5.85. The van der Waals surface area contributed by atoms with Crippen molar-refractivity contribution in [2.45, 2.75) is 38.1 Å². The van der Waals surface area contributed by atoms with Crippen LogP contribution in [0.1, 0.15) is 43.0 Å². The number of aromatic nitrogens is 1. The van der Waals surface area contributed by atoms with Crippen LogP contribution in [-0.2, 0) is 16.0 Å². The van der Waals surface area contributed by atoms with Crippen LogP contribution in [0.5, 0.6) is 0 Å². The van der Waals surface area contributed by atoms with Gasteiger partial charge < -0.3 is 9.72 Å². The van der Waals surface area contributed by atoms with Crippen molar-refractivity contribution in [3.05, 3.63) is 35.5 Å². The van der Waals surface area contributed by atoms with E-state index in [1.165, 1.54) is 35.7 Å². The predicted octanol–water partition coefficient (Wildman–Crippen LogP) is 3.68. The lowest BCUT2D eigenvalue weighted by Crippen LogP contribution is -2.50. The van der Waals surface area contributed by atoms with Crippen molar-refractivity contribution in [3.63, 3.8) is 0 Å². The maximum absolute atomic E-state index is 12.3. The molecule has 1 aromatic heterocycles. The number of methoxy groups -OCH3 is 1. The largest absolute Gasteiger partial charge is 0.469 e. The third-order valence-corrected chi connectivity index (χ3v) is 6.95. The second-order valence-electron chi connectivity index (χ2n) is 8.04. The number of benzene rings is 1. The first kappa shape index (κ1) is 15.4. The summed E-state index contributed by atoms with van der Waals surface area (Å²) in [7, 11) is 1.54. The molecule has 1 unspecified atom stereocenters. The van der Waals surface area contributed by atoms with Crippen LogP contribution in [-0.4, -0.2) is 36.1 Å². The van der Waals surface area contributed by atoms with Crippen molar-refractivity contribution in [1.82, 2.24) is 9.88 Å². The Kier molecular flexibility index (Phi) is 3.63. The third-order valence-electron chi connectivity index (χ3n) is 6.95. The van der Waals surface area contributed by atoms with Crippen LogP contribution in [0, 0.1) is 17.8 Å². The molecule has 5 rings (SSSR count). The van der Waals surface area contributed by atoms with Gasteiger partial charge in [-0.2, -0.15) is 0 Å². The second-order valence-corrected chi connectivity index (χ2v) is 8.04. The molecule has 1 aliphatic carbocycles. The number of H-pyrrole nitrogens is 1. The molecule has 4 nitrogen and oxygen atoms in total. The Hall–Kier alpha value is -1.81. The molecule has 3 heterocycles. The molecule has 3 aliphatic rings. The van der Waals surface area contributed by atoms with Gasteiger partial charge in [0.05, 0.1) is 19.1 Å². The van der Waals surface area contributed by atoms with E-state index in [2.05, 4.69) is 34.1 Å². The number of nitrogens with one attached hydrogen (secondary N) is 1. The maximum Gasteiger partial charge on any atom is 0.308 e. The lowest BCUT2D eigenvalue weighted by molar-refractivity contribution is -0.152. The van der Waals surface area contributed by atoms with Gasteiger partial charge in [0, 0.05) is 29.7 Å². The molecular weight excluding hydrogens is 312 g/mol. The summed E-state index contributed by atoms with van der Waals surface area (Å²) in [6.07, 6.45) is 5.65. The summed E-state index contributed by atoms with van der Waals surface area (Å²) in [5, 5.41) is 1.38. The topological polar surface area (TPSA) is 45.3 Å². The molecule has 2 fully saturated rings. The van der Waals surface area contributed by atoms with E-state index in [1.54, 1.807) is 0 Å². The quantitative estimate of drug-likeness (QED) is 0.807. The van der Waals surface area contributed by atoms with Gasteiger partial charge in [0.25, 0.3) is 0 Å². The minimum atomic E-state index is 0.0100. The highest BCUT2D eigenvalue weighted by Crippen LogP contribution is 2.49. The third kappa shape index (κ3) is 2.34. The van der Waals surface area contributed by atoms with Crippen LogP contribution in [0.3, 0.4) is 0 Å². The Labute approximate surface area is 148 Å². The molecule has 1 saturated carbocycles. The first-order valence-corrected chi connectivity index (χ1v) is 9.67. The average molecular weight is 338 g/mol. The van der Waals surface area contributed by atoms with Gasteiger partial charge in [0.2, 0.25) is 0 Å². The first-order valence-electron chi connectivity index (χ1n) is 9.67. The van der Waals surface area contributed by atoms with Crippen molar-refractivity contribution in [2.24, 2.45) is 17.8 Å². The molecule has 0 bridgehead atoms. The van der Waals surface area contributed by atoms with E-state index in [4.69, 9.17) is 4.74 Å². The number of hydrogen-bond donors (Lipinski definition) is 1. The van der Waals surface area contributed by atoms with E-state index in [1.807, 2.05) is 0 Å². The summed E-state index contributed by atoms with van der Waals surface area (Å²) in [5.41, 5.74) is 4.16. The number of nitrogens with zero attached hydrogens (tertiary/aromatic N) is 1. The van der Waals surface area contributed by atoms with E-state index in [9.17, 15) is 4.79 Å². The first-order chi connectivity index (χ1) is 12.3. The van der Waals surface area contributed by atoms with Crippen LogP contribution in [0.4, 0.5) is 0 Å². The van der Waals surface area contributed by atoms with Crippen molar-refractivity contribution < 1.29 is 9.53 Å². The molecule has 1 N–H and O–H groups in total. The molecule has 25 heavy (non-hydrogen) atoms. The van der Waals surface area contributed by atoms with E-state index in [0.29, 0.717) is 17.9 Å². The number of hydrogen-bond acceptors (Lipinski definition) is 3. The lowest BCUT2D eigenvalue weighted by Gasteiger charge is -2.49. The van der Waals surface area contributed by atoms with Gasteiger partial charge in [-0.15, -0.1) is 0 Å². The number of piperidine rings is 1. The molecule has 132 valence electrons. The van der Waals surface area contributed by atoms with Crippen LogP contribution < -0.4 is 0 Å². The number of carbonyl (C=O) groups excluding carboxylic acids is 1. The molecule has 0 amide bonds. The number of aromatic amines is 1. The summed E-state index contributed by atoms with van der Waals surface area (Å²) in [4.78, 5) is 18.7. The van der Waals surface area contributed by atoms with Gasteiger partial charge in [0.1, 0.15) is 0 Å². The SMILES string of the molecule is COC(=O)C1CCC[C@H]2CN3CCc4c([nH]c5ccccc45)[C@@H]3C[C@H]12. The molecule has 1 aromatic carbocycles. The van der Waals surface area contributed by atoms with Gasteiger partial charge >= 0.3 is 5.97 Å². The second kappa shape index (κ2) is 5.87. The molecule has 0 spiro atoms. The molecule has 4 heteroatoms. The fraction of sp³-hybridized carbons (Fsp3) is 0.571. The highest BCUT2D eigenvalue weighted by Gasteiger charge is 2.46. The van der Waals surface area contributed by atoms with Gasteiger partial charge in [-0.05, 0) is 49.1 Å². The molecule has 0 radical (unpaired) electrons. The molecule has 2 aromatic rings. The molecular formula is C21H26N2O2. The Morgan fingerprint density at radius 3 is 3.04 bits per heavy atom. The minimum absolute atomic E-state index is 0.0100. The number of rotatable bonds is 1. The van der Waals surface area contributed by atoms with E-state index >= 15 is 0 Å². The summed E-state index contributed by atoms with van der Waals surface area (Å²) in [6, 6.07) is 9.09. The average Bonchev–Trinajstić information content (AvgIpc) is 3.04. The minimum Gasteiger partial charge on any atom is -0.469 e. The zero-order chi connectivity index (χ0) is 17.0. The van der Waals surface area contributed by atoms with Crippen molar-refractivity contribution in [1.29, 1.82) is 0 Å². The summed E-state index contributed by atoms with van der Waals surface area (Å²) >= 11 is 0. The van der Waals surface area contributed by atoms with Gasteiger partial charge in [-0.3, -0.25) is 9.69 Å². The number of para-hydroxylation sites is 1. The maximum atomic E-state index is 12.3. The van der Waals surface area contributed by atoms with Crippen LogP contribution in [0.15, 0.2) is 24.3 Å². The highest BCUT2D eigenvalue weighted by atomic mass is 16.5. The summed E-state index contributed by atoms with van der Waals surface area (Å²) < 4.78 is 5.13. The fourth-order valence-corrected chi connectivity index (χ4v) is 5.80. The molecule has 4 atom stereocenters. The van der Waals surface area contributed by atoms with E-state index in [-0.39, 0.29) is 11.9 Å². The standard InChI is InChI=1S/C21H26N2O2/c1-25-21(24)16-7-4-5-13-12-23-10-9-15-14-6-2-3-8-18(14)22-20(15)19(23)11-17(13)16/h2-3,6,8,13,16-17,19,22H,4-5,7,9-12H2,1H3/t13-,16?,17-,19-/m0/s1. The Balaban J connectivity index is 1.51. The van der Waals surface area contributed by atoms with Crippen LogP contribution in [0.2, 0.25) is 0 Å². The van der Waals surface area contributed by atoms with Gasteiger partial charge in [-0.1, -0.05) is 24.6 Å². The number of esters is 1. The van der Waals surface area contributed by atoms with Crippen molar-refractivity contribution in [3.8, 4) is 0 Å². The van der Waals surface area contributed by atoms with E-state index < -0.39 is 0 Å². The normalized spacial score (nSPS) is 31.9. The van der Waals surface area contributed by atoms with Crippen molar-refractivity contribution >= 4 is 16.9 Å². The smallest absolute Gasteiger partial charge is 0.308 e. The van der Waals surface area contributed by atoms with Crippen LogP contribution in [0.25, 0.3) is 10.9 Å². The molecule has 2 aliphatic heterocycles. The van der Waals surface area contributed by atoms with E-state index in [0.717, 1.165) is 38.8 Å². The Morgan fingerprint density at radius 2 is 2.16 bits per heavy atom. The Bertz CT molecular complexity index is 811. The Morgan fingerprint density at radius 1 is 1.28 bits per heavy atom. The number of ether oxygens (including phenoxy) is 1. The van der Waals surface area contributed by atoms with Gasteiger partial charge in [-0.25, -0.2) is 0 Å². The lowest BCUT2D eigenvalue weighted by atomic mass is 9.66.